The Hall–Kier alpha value is -0.630. The summed E-state index contributed by atoms with van der Waals surface area (Å²) in [6.45, 7) is 4.58. The molecule has 0 fully saturated rings. The molecule has 0 aliphatic carbocycles. The molecule has 1 aromatic rings. The van der Waals surface area contributed by atoms with Crippen molar-refractivity contribution < 1.29 is 13.6 Å². The molecule has 19 heavy (non-hydrogen) atoms. The van der Waals surface area contributed by atoms with Gasteiger partial charge in [0.15, 0.2) is 0 Å². The molecule has 0 aliphatic rings. The fourth-order valence-corrected chi connectivity index (χ4v) is 3.69. The van der Waals surface area contributed by atoms with Crippen LogP contribution in [0.15, 0.2) is 24.3 Å². The first-order chi connectivity index (χ1) is 9.20. The van der Waals surface area contributed by atoms with Crippen molar-refractivity contribution in [3.8, 4) is 0 Å². The topological polar surface area (TPSA) is 35.5 Å². The number of hydrogen-bond acceptors (Lipinski definition) is 3. The van der Waals surface area contributed by atoms with Gasteiger partial charge in [0.05, 0.1) is 19.4 Å². The lowest BCUT2D eigenvalue weighted by Crippen LogP contribution is -2.00. The van der Waals surface area contributed by atoms with Crippen LogP contribution in [-0.4, -0.2) is 19.4 Å². The van der Waals surface area contributed by atoms with E-state index in [0.717, 1.165) is 25.7 Å². The van der Waals surface area contributed by atoms with Gasteiger partial charge in [-0.05, 0) is 44.7 Å². The zero-order valence-electron chi connectivity index (χ0n) is 11.9. The van der Waals surface area contributed by atoms with Crippen LogP contribution in [0.3, 0.4) is 0 Å². The average molecular weight is 283 g/mol. The molecule has 0 aliphatic heterocycles. The van der Waals surface area contributed by atoms with Crippen molar-refractivity contribution in [3.63, 3.8) is 0 Å². The van der Waals surface area contributed by atoms with Crippen LogP contribution < -0.4 is 0 Å². The average Bonchev–Trinajstić information content (AvgIpc) is 2.40. The van der Waals surface area contributed by atoms with Gasteiger partial charge in [0.2, 0.25) is 0 Å². The van der Waals surface area contributed by atoms with E-state index in [1.807, 2.05) is 26.0 Å². The van der Waals surface area contributed by atoms with E-state index in [4.69, 9.17) is 9.05 Å². The first-order valence-electron chi connectivity index (χ1n) is 7.03. The van der Waals surface area contributed by atoms with Crippen molar-refractivity contribution in [2.75, 3.05) is 19.4 Å². The summed E-state index contributed by atoms with van der Waals surface area (Å²) in [6.07, 6.45) is 4.61. The predicted octanol–water partition coefficient (Wildman–Crippen LogP) is 4.47. The molecule has 3 nitrogen and oxygen atoms in total. The van der Waals surface area contributed by atoms with Crippen molar-refractivity contribution in [1.29, 1.82) is 0 Å². The second kappa shape index (κ2) is 9.30. The normalized spacial score (nSPS) is 11.7. The van der Waals surface area contributed by atoms with Gasteiger partial charge in [-0.25, -0.2) is 0 Å². The number of unbranched alkanes of at least 4 members (excludes halogenated alkanes) is 2. The molecular formula is C15H24O3P. The lowest BCUT2D eigenvalue weighted by molar-refractivity contribution is 0.219. The Balaban J connectivity index is 2.20. The molecule has 4 heteroatoms. The van der Waals surface area contributed by atoms with Crippen LogP contribution in [-0.2, 0) is 20.0 Å². The highest BCUT2D eigenvalue weighted by atomic mass is 31.2. The molecule has 0 heterocycles. The fraction of sp³-hybridized carbons (Fsp3) is 0.600. The number of aryl methyl sites for hydroxylation is 1. The number of benzene rings is 1. The third kappa shape index (κ3) is 6.91. The highest BCUT2D eigenvalue weighted by Gasteiger charge is 2.22. The molecule has 1 rings (SSSR count). The minimum Gasteiger partial charge on any atom is -0.309 e. The van der Waals surface area contributed by atoms with Crippen LogP contribution in [0.25, 0.3) is 0 Å². The summed E-state index contributed by atoms with van der Waals surface area (Å²) in [5, 5.41) is 0. The summed E-state index contributed by atoms with van der Waals surface area (Å²) in [4.78, 5) is 0. The SMILES string of the molecule is CCOP(=O)(CCCCCc1cc[c]cc1)OCC. The van der Waals surface area contributed by atoms with Crippen LogP contribution >= 0.6 is 7.60 Å². The lowest BCUT2D eigenvalue weighted by Gasteiger charge is -2.16. The summed E-state index contributed by atoms with van der Waals surface area (Å²) < 4.78 is 22.7. The van der Waals surface area contributed by atoms with Gasteiger partial charge >= 0.3 is 7.60 Å². The minimum absolute atomic E-state index is 0.442. The molecule has 0 spiro atoms. The van der Waals surface area contributed by atoms with Crippen molar-refractivity contribution in [2.45, 2.75) is 39.5 Å². The summed E-state index contributed by atoms with van der Waals surface area (Å²) in [7, 11) is -2.84. The van der Waals surface area contributed by atoms with Gasteiger partial charge in [0, 0.05) is 0 Å². The maximum atomic E-state index is 12.2. The van der Waals surface area contributed by atoms with Gasteiger partial charge in [0.1, 0.15) is 0 Å². The van der Waals surface area contributed by atoms with Gasteiger partial charge in [-0.1, -0.05) is 30.7 Å². The maximum Gasteiger partial charge on any atom is 0.330 e. The molecule has 0 aromatic heterocycles. The first-order valence-corrected chi connectivity index (χ1v) is 8.76. The maximum absolute atomic E-state index is 12.2. The van der Waals surface area contributed by atoms with Gasteiger partial charge in [-0.2, -0.15) is 0 Å². The van der Waals surface area contributed by atoms with Crippen molar-refractivity contribution >= 4 is 7.60 Å². The molecule has 107 valence electrons. The Morgan fingerprint density at radius 2 is 1.68 bits per heavy atom. The molecule has 0 amide bonds. The minimum atomic E-state index is -2.84. The Labute approximate surface area is 116 Å². The first kappa shape index (κ1) is 16.4. The van der Waals surface area contributed by atoms with E-state index < -0.39 is 7.60 Å². The second-order valence-corrected chi connectivity index (χ2v) is 6.57. The molecule has 0 bridgehead atoms. The van der Waals surface area contributed by atoms with Crippen LogP contribution in [0.2, 0.25) is 0 Å². The Kier molecular flexibility index (Phi) is 8.04. The molecule has 0 atom stereocenters. The van der Waals surface area contributed by atoms with Gasteiger partial charge in [-0.15, -0.1) is 0 Å². The van der Waals surface area contributed by atoms with E-state index in [0.29, 0.717) is 19.4 Å². The third-order valence-corrected chi connectivity index (χ3v) is 5.00. The zero-order chi connectivity index (χ0) is 14.0. The summed E-state index contributed by atoms with van der Waals surface area (Å²) in [5.41, 5.74) is 1.33. The quantitative estimate of drug-likeness (QED) is 0.469. The van der Waals surface area contributed by atoms with E-state index in [-0.39, 0.29) is 0 Å². The van der Waals surface area contributed by atoms with E-state index in [2.05, 4.69) is 18.2 Å². The molecule has 1 radical (unpaired) electrons. The van der Waals surface area contributed by atoms with Gasteiger partial charge in [-0.3, -0.25) is 4.57 Å². The predicted molar refractivity (Wildman–Crippen MR) is 78.6 cm³/mol. The molecule has 0 saturated carbocycles. The van der Waals surface area contributed by atoms with Crippen LogP contribution in [0.1, 0.15) is 38.7 Å². The highest BCUT2D eigenvalue weighted by molar-refractivity contribution is 7.53. The molecule has 0 N–H and O–H groups in total. The molecule has 0 unspecified atom stereocenters. The van der Waals surface area contributed by atoms with Crippen molar-refractivity contribution in [3.05, 3.63) is 35.9 Å². The molecule has 0 saturated heterocycles. The number of hydrogen-bond donors (Lipinski definition) is 0. The second-order valence-electron chi connectivity index (χ2n) is 4.39. The van der Waals surface area contributed by atoms with E-state index in [1.54, 1.807) is 0 Å². The Morgan fingerprint density at radius 3 is 2.26 bits per heavy atom. The van der Waals surface area contributed by atoms with Crippen LogP contribution in [0, 0.1) is 6.07 Å². The molecule has 1 aromatic carbocycles. The van der Waals surface area contributed by atoms with Crippen LogP contribution in [0.4, 0.5) is 0 Å². The summed E-state index contributed by atoms with van der Waals surface area (Å²) in [5.74, 6) is 0. The third-order valence-electron chi connectivity index (χ3n) is 2.84. The largest absolute Gasteiger partial charge is 0.330 e. The summed E-state index contributed by atoms with van der Waals surface area (Å²) in [6, 6.07) is 11.1. The molecular weight excluding hydrogens is 259 g/mol. The Bertz CT molecular complexity index is 368. The standard InChI is InChI=1S/C15H24O3P/c1-3-17-19(16,18-4-2)14-10-6-9-13-15-11-7-5-8-12-15/h7-8,11-12H,3-4,6,9-10,13-14H2,1-2H3. The zero-order valence-corrected chi connectivity index (χ0v) is 12.8. The van der Waals surface area contributed by atoms with Crippen molar-refractivity contribution in [1.82, 2.24) is 0 Å². The van der Waals surface area contributed by atoms with E-state index >= 15 is 0 Å². The van der Waals surface area contributed by atoms with Gasteiger partial charge in [0.25, 0.3) is 0 Å². The van der Waals surface area contributed by atoms with E-state index in [9.17, 15) is 4.57 Å². The van der Waals surface area contributed by atoms with E-state index in [1.165, 1.54) is 5.56 Å². The Morgan fingerprint density at radius 1 is 1.05 bits per heavy atom. The monoisotopic (exact) mass is 283 g/mol. The highest BCUT2D eigenvalue weighted by Crippen LogP contribution is 2.48. The van der Waals surface area contributed by atoms with Gasteiger partial charge < -0.3 is 9.05 Å². The summed E-state index contributed by atoms with van der Waals surface area (Å²) >= 11 is 0. The fourth-order valence-electron chi connectivity index (χ4n) is 1.96. The smallest absolute Gasteiger partial charge is 0.309 e. The van der Waals surface area contributed by atoms with Crippen LogP contribution in [0.5, 0.6) is 0 Å². The number of rotatable bonds is 10. The van der Waals surface area contributed by atoms with Crippen molar-refractivity contribution in [2.24, 2.45) is 0 Å². The lowest BCUT2D eigenvalue weighted by atomic mass is 10.1.